The van der Waals surface area contributed by atoms with E-state index in [1.54, 1.807) is 18.6 Å². The zero-order chi connectivity index (χ0) is 12.3. The summed E-state index contributed by atoms with van der Waals surface area (Å²) in [5.41, 5.74) is 8.03. The van der Waals surface area contributed by atoms with Crippen LogP contribution in [0.1, 0.15) is 15.9 Å². The number of rotatable bonds is 4. The molecule has 0 aliphatic heterocycles. The highest BCUT2D eigenvalue weighted by molar-refractivity contribution is 5.90. The average molecular weight is 232 g/mol. The first kappa shape index (κ1) is 11.1. The van der Waals surface area contributed by atoms with Crippen molar-refractivity contribution in [2.75, 3.05) is 11.1 Å². The Hall–Kier alpha value is -2.43. The fourth-order valence-electron chi connectivity index (χ4n) is 1.45. The van der Waals surface area contributed by atoms with Crippen LogP contribution in [-0.2, 0) is 6.54 Å². The minimum absolute atomic E-state index is 0.177. The third-order valence-electron chi connectivity index (χ3n) is 2.36. The molecule has 2 rings (SSSR count). The van der Waals surface area contributed by atoms with E-state index in [0.29, 0.717) is 17.9 Å². The van der Waals surface area contributed by atoms with Crippen LogP contribution < -0.4 is 11.1 Å². The van der Waals surface area contributed by atoms with Gasteiger partial charge in [0.15, 0.2) is 0 Å². The summed E-state index contributed by atoms with van der Waals surface area (Å²) in [4.78, 5) is 10.7. The second kappa shape index (κ2) is 4.61. The smallest absolute Gasteiger partial charge is 0.335 e. The molecule has 5 nitrogen and oxygen atoms in total. The second-order valence-electron chi connectivity index (χ2n) is 3.59. The molecular formula is C12H12N2O3. The Kier molecular flexibility index (Phi) is 3.00. The van der Waals surface area contributed by atoms with E-state index in [4.69, 9.17) is 15.3 Å². The van der Waals surface area contributed by atoms with Gasteiger partial charge in [-0.1, -0.05) is 0 Å². The van der Waals surface area contributed by atoms with Gasteiger partial charge < -0.3 is 20.6 Å². The van der Waals surface area contributed by atoms with Crippen LogP contribution in [0.25, 0.3) is 0 Å². The molecule has 1 aromatic heterocycles. The molecule has 88 valence electrons. The Morgan fingerprint density at radius 1 is 1.41 bits per heavy atom. The Balaban J connectivity index is 2.09. The van der Waals surface area contributed by atoms with Crippen molar-refractivity contribution in [2.24, 2.45) is 0 Å². The van der Waals surface area contributed by atoms with Crippen LogP contribution in [0.15, 0.2) is 41.2 Å². The van der Waals surface area contributed by atoms with Gasteiger partial charge in [0.25, 0.3) is 0 Å². The number of nitrogens with two attached hydrogens (primary N) is 1. The average Bonchev–Trinajstić information content (AvgIpc) is 2.80. The van der Waals surface area contributed by atoms with Gasteiger partial charge in [0.2, 0.25) is 0 Å². The summed E-state index contributed by atoms with van der Waals surface area (Å²) in [7, 11) is 0. The highest BCUT2D eigenvalue weighted by Crippen LogP contribution is 2.20. The zero-order valence-electron chi connectivity index (χ0n) is 9.01. The summed E-state index contributed by atoms with van der Waals surface area (Å²) in [6.45, 7) is 0.577. The number of anilines is 2. The van der Waals surface area contributed by atoms with Gasteiger partial charge in [0.05, 0.1) is 29.5 Å². The minimum Gasteiger partial charge on any atom is -0.478 e. The van der Waals surface area contributed by atoms with Crippen molar-refractivity contribution < 1.29 is 14.3 Å². The maximum atomic E-state index is 10.7. The van der Waals surface area contributed by atoms with E-state index in [9.17, 15) is 4.79 Å². The summed E-state index contributed by atoms with van der Waals surface area (Å²) in [6.07, 6.45) is 3.22. The fraction of sp³-hybridized carbons (Fsp3) is 0.0833. The van der Waals surface area contributed by atoms with Crippen LogP contribution in [-0.4, -0.2) is 11.1 Å². The number of nitrogens with one attached hydrogen (secondary N) is 1. The number of carboxylic acids is 1. The van der Waals surface area contributed by atoms with E-state index in [0.717, 1.165) is 5.56 Å². The predicted molar refractivity (Wildman–Crippen MR) is 63.8 cm³/mol. The molecule has 4 N–H and O–H groups in total. The fourth-order valence-corrected chi connectivity index (χ4v) is 1.45. The standard InChI is InChI=1S/C12H12N2O3/c13-10-5-9(12(15)16)1-2-11(10)14-6-8-3-4-17-7-8/h1-5,7,14H,6,13H2,(H,15,16). The largest absolute Gasteiger partial charge is 0.478 e. The lowest BCUT2D eigenvalue weighted by molar-refractivity contribution is 0.0697. The molecule has 0 amide bonds. The van der Waals surface area contributed by atoms with Crippen LogP contribution in [0.2, 0.25) is 0 Å². The number of furan rings is 1. The maximum Gasteiger partial charge on any atom is 0.335 e. The van der Waals surface area contributed by atoms with Crippen LogP contribution in [0, 0.1) is 0 Å². The zero-order valence-corrected chi connectivity index (χ0v) is 9.01. The lowest BCUT2D eigenvalue weighted by Gasteiger charge is -2.08. The van der Waals surface area contributed by atoms with Gasteiger partial charge >= 0.3 is 5.97 Å². The van der Waals surface area contributed by atoms with Crippen molar-refractivity contribution in [3.63, 3.8) is 0 Å². The Labute approximate surface area is 97.9 Å². The van der Waals surface area contributed by atoms with Crippen molar-refractivity contribution in [1.29, 1.82) is 0 Å². The molecule has 0 spiro atoms. The Bertz CT molecular complexity index is 521. The summed E-state index contributed by atoms with van der Waals surface area (Å²) < 4.78 is 4.93. The molecule has 0 atom stereocenters. The van der Waals surface area contributed by atoms with Crippen molar-refractivity contribution in [3.05, 3.63) is 47.9 Å². The molecule has 0 saturated heterocycles. The van der Waals surface area contributed by atoms with Gasteiger partial charge in [-0.25, -0.2) is 4.79 Å². The maximum absolute atomic E-state index is 10.7. The number of carbonyl (C=O) groups is 1. The molecule has 0 aliphatic rings. The van der Waals surface area contributed by atoms with Gasteiger partial charge in [-0.2, -0.15) is 0 Å². The highest BCUT2D eigenvalue weighted by atomic mass is 16.4. The molecule has 0 unspecified atom stereocenters. The Morgan fingerprint density at radius 3 is 2.82 bits per heavy atom. The van der Waals surface area contributed by atoms with Gasteiger partial charge in [-0.05, 0) is 24.3 Å². The number of aromatic carboxylic acids is 1. The number of hydrogen-bond donors (Lipinski definition) is 3. The number of carboxylic acid groups (broad SMARTS) is 1. The minimum atomic E-state index is -0.988. The molecule has 0 radical (unpaired) electrons. The molecule has 0 saturated carbocycles. The van der Waals surface area contributed by atoms with Gasteiger partial charge in [-0.15, -0.1) is 0 Å². The Morgan fingerprint density at radius 2 is 2.24 bits per heavy atom. The molecular weight excluding hydrogens is 220 g/mol. The van der Waals surface area contributed by atoms with E-state index in [1.807, 2.05) is 6.07 Å². The van der Waals surface area contributed by atoms with Gasteiger partial charge in [-0.3, -0.25) is 0 Å². The molecule has 1 aromatic carbocycles. The summed E-state index contributed by atoms with van der Waals surface area (Å²) >= 11 is 0. The monoisotopic (exact) mass is 232 g/mol. The number of benzene rings is 1. The summed E-state index contributed by atoms with van der Waals surface area (Å²) in [5, 5.41) is 11.9. The normalized spacial score (nSPS) is 10.1. The van der Waals surface area contributed by atoms with Crippen molar-refractivity contribution >= 4 is 17.3 Å². The second-order valence-corrected chi connectivity index (χ2v) is 3.59. The summed E-state index contributed by atoms with van der Waals surface area (Å²) in [6, 6.07) is 6.43. The highest BCUT2D eigenvalue weighted by Gasteiger charge is 2.06. The molecule has 1 heterocycles. The molecule has 0 bridgehead atoms. The van der Waals surface area contributed by atoms with Crippen molar-refractivity contribution in [1.82, 2.24) is 0 Å². The van der Waals surface area contributed by atoms with Crippen LogP contribution in [0.4, 0.5) is 11.4 Å². The predicted octanol–water partition coefficient (Wildman–Crippen LogP) is 2.17. The lowest BCUT2D eigenvalue weighted by atomic mass is 10.1. The number of nitrogen functional groups attached to an aromatic ring is 1. The van der Waals surface area contributed by atoms with E-state index in [1.165, 1.54) is 12.1 Å². The lowest BCUT2D eigenvalue weighted by Crippen LogP contribution is -2.04. The van der Waals surface area contributed by atoms with Crippen LogP contribution in [0.5, 0.6) is 0 Å². The SMILES string of the molecule is Nc1cc(C(=O)O)ccc1NCc1ccoc1. The van der Waals surface area contributed by atoms with Gasteiger partial charge in [0, 0.05) is 12.1 Å². The molecule has 17 heavy (non-hydrogen) atoms. The molecule has 0 fully saturated rings. The molecule has 2 aromatic rings. The van der Waals surface area contributed by atoms with Crippen LogP contribution in [0.3, 0.4) is 0 Å². The van der Waals surface area contributed by atoms with Crippen LogP contribution >= 0.6 is 0 Å². The topological polar surface area (TPSA) is 88.5 Å². The van der Waals surface area contributed by atoms with Crippen molar-refractivity contribution in [3.8, 4) is 0 Å². The third kappa shape index (κ3) is 2.57. The third-order valence-corrected chi connectivity index (χ3v) is 2.36. The first-order valence-corrected chi connectivity index (χ1v) is 5.04. The van der Waals surface area contributed by atoms with E-state index in [-0.39, 0.29) is 5.56 Å². The summed E-state index contributed by atoms with van der Waals surface area (Å²) in [5.74, 6) is -0.988. The van der Waals surface area contributed by atoms with Gasteiger partial charge in [0.1, 0.15) is 0 Å². The first-order chi connectivity index (χ1) is 8.16. The molecule has 5 heteroatoms. The number of hydrogen-bond acceptors (Lipinski definition) is 4. The van der Waals surface area contributed by atoms with E-state index in [2.05, 4.69) is 5.32 Å². The first-order valence-electron chi connectivity index (χ1n) is 5.04. The quantitative estimate of drug-likeness (QED) is 0.703. The van der Waals surface area contributed by atoms with Crippen molar-refractivity contribution in [2.45, 2.75) is 6.54 Å². The van der Waals surface area contributed by atoms with E-state index >= 15 is 0 Å². The molecule has 0 aliphatic carbocycles. The van der Waals surface area contributed by atoms with E-state index < -0.39 is 5.97 Å².